The highest BCUT2D eigenvalue weighted by atomic mass is 127. The first-order valence-electron chi connectivity index (χ1n) is 11.8. The van der Waals surface area contributed by atoms with Gasteiger partial charge in [-0.25, -0.2) is 0 Å². The molecule has 0 aromatic heterocycles. The lowest BCUT2D eigenvalue weighted by atomic mass is 9.84. The Bertz CT molecular complexity index is 1640. The van der Waals surface area contributed by atoms with Crippen LogP contribution in [0.2, 0.25) is 10.0 Å². The van der Waals surface area contributed by atoms with Gasteiger partial charge in [-0.15, -0.1) is 0 Å². The van der Waals surface area contributed by atoms with E-state index in [0.717, 1.165) is 51.6 Å². The summed E-state index contributed by atoms with van der Waals surface area (Å²) in [5.74, 6) is 0.0750. The zero-order chi connectivity index (χ0) is 26.6. The molecule has 5 aromatic rings. The molecular weight excluding hydrogens is 741 g/mol. The van der Waals surface area contributed by atoms with Crippen LogP contribution in [-0.2, 0) is 5.60 Å². The van der Waals surface area contributed by atoms with Crippen LogP contribution in [-0.4, -0.2) is 10.9 Å². The van der Waals surface area contributed by atoms with Crippen LogP contribution in [0, 0.1) is 7.14 Å². The van der Waals surface area contributed by atoms with Crippen molar-refractivity contribution in [1.82, 2.24) is 0 Å². The van der Waals surface area contributed by atoms with Crippen molar-refractivity contribution in [1.29, 1.82) is 0 Å². The van der Waals surface area contributed by atoms with Gasteiger partial charge in [-0.3, -0.25) is 4.79 Å². The standard InChI is InChI=1S/C19H12ClIO.C13H6ClIO/c20-13-6-8-15-16-9-7-14(21)11-18(16)19(22,17(15)10-13)12-4-2-1-3-5-12;14-7-1-3-9-10-4-2-8(15)6-12(10)13(16)11(9)5-7/h1-11,22H;1-6H. The minimum atomic E-state index is -1.15. The molecule has 0 fully saturated rings. The maximum absolute atomic E-state index is 12.1. The predicted octanol–water partition coefficient (Wildman–Crippen LogP) is 9.37. The van der Waals surface area contributed by atoms with Crippen LogP contribution < -0.4 is 0 Å². The predicted molar refractivity (Wildman–Crippen MR) is 171 cm³/mol. The van der Waals surface area contributed by atoms with Crippen molar-refractivity contribution in [2.24, 2.45) is 0 Å². The Hall–Kier alpha value is -2.23. The molecule has 1 unspecified atom stereocenters. The van der Waals surface area contributed by atoms with Crippen LogP contribution in [0.1, 0.15) is 32.6 Å². The van der Waals surface area contributed by atoms with Crippen molar-refractivity contribution < 1.29 is 9.90 Å². The summed E-state index contributed by atoms with van der Waals surface area (Å²) in [5.41, 5.74) is 7.08. The smallest absolute Gasteiger partial charge is 0.194 e. The number of hydrogen-bond acceptors (Lipinski definition) is 2. The monoisotopic (exact) mass is 758 g/mol. The van der Waals surface area contributed by atoms with Gasteiger partial charge in [0, 0.05) is 39.4 Å². The zero-order valence-corrected chi connectivity index (χ0v) is 25.5. The number of benzene rings is 5. The van der Waals surface area contributed by atoms with E-state index in [1.807, 2.05) is 78.9 Å². The molecule has 2 aliphatic carbocycles. The average Bonchev–Trinajstić information content (AvgIpc) is 3.33. The molecule has 5 aromatic carbocycles. The van der Waals surface area contributed by atoms with Crippen LogP contribution in [0.4, 0.5) is 0 Å². The van der Waals surface area contributed by atoms with Crippen molar-refractivity contribution in [3.63, 3.8) is 0 Å². The van der Waals surface area contributed by atoms with Gasteiger partial charge in [0.2, 0.25) is 0 Å². The lowest BCUT2D eigenvalue weighted by Crippen LogP contribution is -2.26. The van der Waals surface area contributed by atoms with E-state index in [1.54, 1.807) is 6.07 Å². The van der Waals surface area contributed by atoms with Gasteiger partial charge < -0.3 is 5.11 Å². The fourth-order valence-electron chi connectivity index (χ4n) is 5.26. The zero-order valence-electron chi connectivity index (χ0n) is 19.7. The van der Waals surface area contributed by atoms with E-state index in [0.29, 0.717) is 15.6 Å². The third-order valence-electron chi connectivity index (χ3n) is 6.97. The SMILES string of the molecule is O=C1c2cc(Cl)ccc2-c2ccc(I)cc21.OC1(c2ccccc2)c2cc(Cl)ccc2-c2ccc(I)cc21. The van der Waals surface area contributed by atoms with Crippen molar-refractivity contribution in [3.05, 3.63) is 148 Å². The summed E-state index contributed by atoms with van der Waals surface area (Å²) in [5, 5.41) is 12.9. The molecule has 0 spiro atoms. The molecule has 0 bridgehead atoms. The van der Waals surface area contributed by atoms with Crippen LogP contribution in [0.3, 0.4) is 0 Å². The molecule has 1 N–H and O–H groups in total. The van der Waals surface area contributed by atoms with Crippen molar-refractivity contribution in [2.45, 2.75) is 5.60 Å². The van der Waals surface area contributed by atoms with E-state index in [9.17, 15) is 9.90 Å². The second-order valence-corrected chi connectivity index (χ2v) is 12.5. The fourth-order valence-corrected chi connectivity index (χ4v) is 6.59. The molecule has 0 heterocycles. The Kier molecular flexibility index (Phi) is 6.89. The summed E-state index contributed by atoms with van der Waals surface area (Å²) in [6.07, 6.45) is 0. The number of carbonyl (C=O) groups is 1. The topological polar surface area (TPSA) is 37.3 Å². The highest BCUT2D eigenvalue weighted by molar-refractivity contribution is 14.1. The van der Waals surface area contributed by atoms with E-state index >= 15 is 0 Å². The first kappa shape index (κ1) is 26.0. The maximum atomic E-state index is 12.1. The van der Waals surface area contributed by atoms with Gasteiger partial charge in [0.1, 0.15) is 5.60 Å². The molecule has 2 aliphatic rings. The van der Waals surface area contributed by atoms with Crippen LogP contribution in [0.15, 0.2) is 103 Å². The molecular formula is C32H18Cl2I2O2. The number of hydrogen-bond donors (Lipinski definition) is 1. The second-order valence-electron chi connectivity index (χ2n) is 9.17. The molecule has 0 radical (unpaired) electrons. The average molecular weight is 759 g/mol. The molecule has 0 amide bonds. The minimum Gasteiger partial charge on any atom is -0.376 e. The van der Waals surface area contributed by atoms with E-state index < -0.39 is 5.60 Å². The third kappa shape index (κ3) is 4.31. The number of carbonyl (C=O) groups excluding carboxylic acids is 1. The molecule has 0 saturated carbocycles. The van der Waals surface area contributed by atoms with Crippen molar-refractivity contribution >= 4 is 74.2 Å². The summed E-state index contributed by atoms with van der Waals surface area (Å²) >= 11 is 16.6. The Labute approximate surface area is 257 Å². The summed E-state index contributed by atoms with van der Waals surface area (Å²) in [4.78, 5) is 12.1. The molecule has 6 heteroatoms. The third-order valence-corrected chi connectivity index (χ3v) is 8.78. The Morgan fingerprint density at radius 1 is 0.553 bits per heavy atom. The summed E-state index contributed by atoms with van der Waals surface area (Å²) < 4.78 is 2.17. The van der Waals surface area contributed by atoms with Gasteiger partial charge >= 0.3 is 0 Å². The summed E-state index contributed by atoms with van der Waals surface area (Å²) in [6.45, 7) is 0. The van der Waals surface area contributed by atoms with E-state index in [4.69, 9.17) is 23.2 Å². The molecule has 0 saturated heterocycles. The van der Waals surface area contributed by atoms with Gasteiger partial charge in [-0.05, 0) is 122 Å². The quantitative estimate of drug-likeness (QED) is 0.170. The van der Waals surface area contributed by atoms with E-state index in [-0.39, 0.29) is 5.78 Å². The highest BCUT2D eigenvalue weighted by Gasteiger charge is 2.43. The van der Waals surface area contributed by atoms with Gasteiger partial charge in [0.05, 0.1) is 0 Å². The lowest BCUT2D eigenvalue weighted by Gasteiger charge is -2.26. The number of rotatable bonds is 1. The van der Waals surface area contributed by atoms with Crippen LogP contribution >= 0.6 is 68.4 Å². The maximum Gasteiger partial charge on any atom is 0.194 e. The molecule has 7 rings (SSSR count). The Morgan fingerprint density at radius 2 is 1.05 bits per heavy atom. The number of aliphatic hydroxyl groups is 1. The Morgan fingerprint density at radius 3 is 1.74 bits per heavy atom. The summed E-state index contributed by atoms with van der Waals surface area (Å²) in [7, 11) is 0. The van der Waals surface area contributed by atoms with Gasteiger partial charge in [-0.2, -0.15) is 0 Å². The highest BCUT2D eigenvalue weighted by Crippen LogP contribution is 2.51. The summed E-state index contributed by atoms with van der Waals surface area (Å²) in [6, 6.07) is 33.1. The molecule has 1 atom stereocenters. The van der Waals surface area contributed by atoms with Crippen LogP contribution in [0.5, 0.6) is 0 Å². The first-order valence-corrected chi connectivity index (χ1v) is 14.7. The largest absolute Gasteiger partial charge is 0.376 e. The number of halogens is 4. The fraction of sp³-hybridized carbons (Fsp3) is 0.0312. The minimum absolute atomic E-state index is 0.0750. The molecule has 38 heavy (non-hydrogen) atoms. The van der Waals surface area contributed by atoms with Gasteiger partial charge in [0.25, 0.3) is 0 Å². The second kappa shape index (κ2) is 10.1. The molecule has 2 nitrogen and oxygen atoms in total. The number of fused-ring (bicyclic) bond motifs is 6. The van der Waals surface area contributed by atoms with Crippen molar-refractivity contribution in [3.8, 4) is 22.3 Å². The Balaban J connectivity index is 0.000000146. The van der Waals surface area contributed by atoms with E-state index in [2.05, 4.69) is 63.4 Å². The molecule has 186 valence electrons. The van der Waals surface area contributed by atoms with Gasteiger partial charge in [-0.1, -0.05) is 77.8 Å². The van der Waals surface area contributed by atoms with Crippen molar-refractivity contribution in [2.75, 3.05) is 0 Å². The molecule has 0 aliphatic heterocycles. The van der Waals surface area contributed by atoms with E-state index in [1.165, 1.54) is 0 Å². The van der Waals surface area contributed by atoms with Gasteiger partial charge in [0.15, 0.2) is 5.78 Å². The first-order chi connectivity index (χ1) is 18.3. The lowest BCUT2D eigenvalue weighted by molar-refractivity contribution is 0.104. The number of ketones is 1. The van der Waals surface area contributed by atoms with Crippen LogP contribution in [0.25, 0.3) is 22.3 Å². The normalized spacial score (nSPS) is 16.2.